The van der Waals surface area contributed by atoms with E-state index in [4.69, 9.17) is 13.9 Å². The van der Waals surface area contributed by atoms with Gasteiger partial charge in [-0.3, -0.25) is 14.5 Å². The topological polar surface area (TPSA) is 81.0 Å². The molecular weight excluding hydrogens is 489 g/mol. The number of benzene rings is 2. The van der Waals surface area contributed by atoms with Crippen LogP contribution < -0.4 is 19.7 Å². The van der Waals surface area contributed by atoms with Crippen molar-refractivity contribution < 1.29 is 36.7 Å². The molecule has 7 nitrogen and oxygen atoms in total. The van der Waals surface area contributed by atoms with Crippen LogP contribution >= 0.6 is 0 Å². The number of hydrogen-bond acceptors (Lipinski definition) is 5. The summed E-state index contributed by atoms with van der Waals surface area (Å²) in [4.78, 5) is 28.7. The third-order valence-electron chi connectivity index (χ3n) is 6.34. The zero-order valence-corrected chi connectivity index (χ0v) is 20.4. The minimum absolute atomic E-state index is 0.117. The van der Waals surface area contributed by atoms with Crippen LogP contribution in [0.3, 0.4) is 0 Å². The summed E-state index contributed by atoms with van der Waals surface area (Å²) in [6.45, 7) is 0. The Labute approximate surface area is 212 Å². The molecule has 0 spiro atoms. The number of carbonyl (C=O) groups excluding carboxylic acids is 2. The number of alkyl halides is 3. The summed E-state index contributed by atoms with van der Waals surface area (Å²) in [6, 6.07) is 10.5. The number of rotatable bonds is 8. The molecule has 2 aromatic carbocycles. The molecule has 10 heteroatoms. The third-order valence-corrected chi connectivity index (χ3v) is 6.34. The van der Waals surface area contributed by atoms with Gasteiger partial charge in [0.15, 0.2) is 17.3 Å². The lowest BCUT2D eigenvalue weighted by atomic mass is 9.99. The van der Waals surface area contributed by atoms with Crippen molar-refractivity contribution in [3.8, 4) is 11.5 Å². The number of nitrogens with zero attached hydrogens (tertiary/aromatic N) is 1. The molecule has 4 rings (SSSR count). The van der Waals surface area contributed by atoms with E-state index < -0.39 is 29.6 Å². The normalized spacial score (nSPS) is 14.7. The Morgan fingerprint density at radius 3 is 2.38 bits per heavy atom. The lowest BCUT2D eigenvalue weighted by molar-refractivity contribution is -0.137. The van der Waals surface area contributed by atoms with Crippen molar-refractivity contribution >= 4 is 17.5 Å². The minimum Gasteiger partial charge on any atom is -0.493 e. The van der Waals surface area contributed by atoms with E-state index in [1.165, 1.54) is 44.7 Å². The van der Waals surface area contributed by atoms with E-state index in [9.17, 15) is 22.8 Å². The summed E-state index contributed by atoms with van der Waals surface area (Å²) >= 11 is 0. The zero-order valence-electron chi connectivity index (χ0n) is 20.4. The second-order valence-corrected chi connectivity index (χ2v) is 8.68. The van der Waals surface area contributed by atoms with Gasteiger partial charge in [0, 0.05) is 17.3 Å². The Bertz CT molecular complexity index is 1240. The van der Waals surface area contributed by atoms with Crippen molar-refractivity contribution in [1.82, 2.24) is 5.32 Å². The summed E-state index contributed by atoms with van der Waals surface area (Å²) in [5.41, 5.74) is -0.850. The molecule has 1 saturated carbocycles. The quantitative estimate of drug-likeness (QED) is 0.412. The fraction of sp³-hybridized carbons (Fsp3) is 0.333. The zero-order chi connectivity index (χ0) is 26.6. The molecule has 1 N–H and O–H groups in total. The molecule has 1 fully saturated rings. The highest BCUT2D eigenvalue weighted by molar-refractivity contribution is 6.09. The number of ether oxygens (including phenoxy) is 2. The third kappa shape index (κ3) is 5.58. The number of nitrogens with one attached hydrogen (secondary N) is 1. The first-order valence-electron chi connectivity index (χ1n) is 11.8. The molecule has 2 amide bonds. The summed E-state index contributed by atoms with van der Waals surface area (Å²) in [7, 11) is 2.81. The standard InChI is InChI=1S/C27H27F3N2O5/c1-35-21-13-6-12-20(24(21)36-2)23(25(33)31-18-9-3-4-10-18)32(26(34)22-14-7-15-37-22)19-11-5-8-17(16-19)27(28,29)30/h5-8,11-16,18,23H,3-4,9-10H2,1-2H3,(H,31,33)/t23-/m0/s1. The van der Waals surface area contributed by atoms with Crippen LogP contribution in [0.25, 0.3) is 0 Å². The number of amides is 2. The SMILES string of the molecule is COc1cccc([C@@H](C(=O)NC2CCCC2)N(C(=O)c2ccco2)c2cccc(C(F)(F)F)c2)c1OC. The smallest absolute Gasteiger partial charge is 0.416 e. The second-order valence-electron chi connectivity index (χ2n) is 8.68. The van der Waals surface area contributed by atoms with E-state index >= 15 is 0 Å². The van der Waals surface area contributed by atoms with Crippen molar-refractivity contribution in [2.24, 2.45) is 0 Å². The number of furan rings is 1. The number of carbonyl (C=O) groups is 2. The molecule has 37 heavy (non-hydrogen) atoms. The van der Waals surface area contributed by atoms with Gasteiger partial charge in [0.25, 0.3) is 5.91 Å². The molecule has 3 aromatic rings. The van der Waals surface area contributed by atoms with Crippen molar-refractivity contribution in [2.45, 2.75) is 43.9 Å². The van der Waals surface area contributed by atoms with Crippen LogP contribution in [-0.4, -0.2) is 32.1 Å². The largest absolute Gasteiger partial charge is 0.493 e. The fourth-order valence-corrected chi connectivity index (χ4v) is 4.61. The van der Waals surface area contributed by atoms with Gasteiger partial charge in [-0.05, 0) is 49.2 Å². The van der Waals surface area contributed by atoms with E-state index in [0.717, 1.165) is 42.7 Å². The molecule has 0 unspecified atom stereocenters. The number of methoxy groups -OCH3 is 2. The van der Waals surface area contributed by atoms with E-state index in [1.54, 1.807) is 18.2 Å². The monoisotopic (exact) mass is 516 g/mol. The predicted octanol–water partition coefficient (Wildman–Crippen LogP) is 5.76. The summed E-state index contributed by atoms with van der Waals surface area (Å²) < 4.78 is 57.2. The Kier molecular flexibility index (Phi) is 7.75. The van der Waals surface area contributed by atoms with Crippen LogP contribution in [0.2, 0.25) is 0 Å². The Balaban J connectivity index is 1.93. The van der Waals surface area contributed by atoms with Crippen molar-refractivity contribution in [1.29, 1.82) is 0 Å². The molecular formula is C27H27F3N2O5. The average molecular weight is 517 g/mol. The van der Waals surface area contributed by atoms with Gasteiger partial charge < -0.3 is 19.2 Å². The minimum atomic E-state index is -4.66. The Morgan fingerprint density at radius 2 is 1.76 bits per heavy atom. The number of anilines is 1. The molecule has 0 radical (unpaired) electrons. The molecule has 0 bridgehead atoms. The highest BCUT2D eigenvalue weighted by Crippen LogP contribution is 2.41. The van der Waals surface area contributed by atoms with E-state index in [1.807, 2.05) is 0 Å². The van der Waals surface area contributed by atoms with Gasteiger partial charge in [-0.2, -0.15) is 13.2 Å². The Hall–Kier alpha value is -3.95. The first-order valence-corrected chi connectivity index (χ1v) is 11.8. The summed E-state index contributed by atoms with van der Waals surface area (Å²) in [5, 5.41) is 2.98. The molecule has 1 atom stereocenters. The lowest BCUT2D eigenvalue weighted by Crippen LogP contribution is -2.46. The van der Waals surface area contributed by atoms with Crippen LogP contribution in [0.1, 0.15) is 53.4 Å². The first kappa shape index (κ1) is 26.1. The van der Waals surface area contributed by atoms with E-state index in [-0.39, 0.29) is 28.8 Å². The van der Waals surface area contributed by atoms with Gasteiger partial charge in [0.2, 0.25) is 5.91 Å². The van der Waals surface area contributed by atoms with Gasteiger partial charge in [-0.1, -0.05) is 31.0 Å². The van der Waals surface area contributed by atoms with E-state index in [2.05, 4.69) is 5.32 Å². The summed E-state index contributed by atoms with van der Waals surface area (Å²) in [5.74, 6) is -1.01. The fourth-order valence-electron chi connectivity index (χ4n) is 4.61. The maximum Gasteiger partial charge on any atom is 0.416 e. The van der Waals surface area contributed by atoms with Crippen LogP contribution in [0.4, 0.5) is 18.9 Å². The van der Waals surface area contributed by atoms with Gasteiger partial charge >= 0.3 is 6.18 Å². The second kappa shape index (κ2) is 11.0. The van der Waals surface area contributed by atoms with Crippen molar-refractivity contribution in [2.75, 3.05) is 19.1 Å². The Morgan fingerprint density at radius 1 is 1.03 bits per heavy atom. The van der Waals surface area contributed by atoms with Crippen LogP contribution in [0.5, 0.6) is 11.5 Å². The van der Waals surface area contributed by atoms with Gasteiger partial charge in [-0.25, -0.2) is 0 Å². The van der Waals surface area contributed by atoms with Gasteiger partial charge in [0.1, 0.15) is 6.04 Å². The lowest BCUT2D eigenvalue weighted by Gasteiger charge is -2.33. The molecule has 1 aliphatic carbocycles. The predicted molar refractivity (Wildman–Crippen MR) is 130 cm³/mol. The number of halogens is 3. The molecule has 196 valence electrons. The van der Waals surface area contributed by atoms with Crippen molar-refractivity contribution in [3.05, 3.63) is 77.7 Å². The van der Waals surface area contributed by atoms with Gasteiger partial charge in [0.05, 0.1) is 26.0 Å². The van der Waals surface area contributed by atoms with Crippen molar-refractivity contribution in [3.63, 3.8) is 0 Å². The average Bonchev–Trinajstić information content (AvgIpc) is 3.60. The van der Waals surface area contributed by atoms with Crippen LogP contribution in [-0.2, 0) is 11.0 Å². The van der Waals surface area contributed by atoms with Gasteiger partial charge in [-0.15, -0.1) is 0 Å². The maximum atomic E-state index is 13.9. The maximum absolute atomic E-state index is 13.9. The van der Waals surface area contributed by atoms with E-state index in [0.29, 0.717) is 5.75 Å². The highest BCUT2D eigenvalue weighted by atomic mass is 19.4. The highest BCUT2D eigenvalue weighted by Gasteiger charge is 2.39. The molecule has 0 saturated heterocycles. The molecule has 0 aliphatic heterocycles. The number of hydrogen-bond donors (Lipinski definition) is 1. The number of para-hydroxylation sites is 1. The molecule has 1 aromatic heterocycles. The summed E-state index contributed by atoms with van der Waals surface area (Å²) in [6.07, 6.45) is 0.0380. The molecule has 1 heterocycles. The first-order chi connectivity index (χ1) is 17.7. The van der Waals surface area contributed by atoms with Crippen LogP contribution in [0, 0.1) is 0 Å². The molecule has 1 aliphatic rings. The van der Waals surface area contributed by atoms with Crippen LogP contribution in [0.15, 0.2) is 65.3 Å².